The number of anilines is 1. The van der Waals surface area contributed by atoms with Crippen LogP contribution in [0.1, 0.15) is 79.1 Å². The number of aromatic nitrogens is 2. The Morgan fingerprint density at radius 3 is 2.27 bits per heavy atom. The van der Waals surface area contributed by atoms with Crippen LogP contribution in [-0.4, -0.2) is 105 Å². The van der Waals surface area contributed by atoms with E-state index in [1.54, 1.807) is 24.3 Å². The Kier molecular flexibility index (Phi) is 9.94. The van der Waals surface area contributed by atoms with E-state index in [0.29, 0.717) is 47.4 Å². The molecule has 4 aliphatic rings. The molecule has 14 heteroatoms. The number of hydrogen-bond acceptors (Lipinski definition) is 9. The minimum absolute atomic E-state index is 0.0259. The molecular weight excluding hydrogens is 732 g/mol. The van der Waals surface area contributed by atoms with Crippen molar-refractivity contribution in [2.75, 3.05) is 44.2 Å². The van der Waals surface area contributed by atoms with Gasteiger partial charge in [0, 0.05) is 74.2 Å². The van der Waals surface area contributed by atoms with Gasteiger partial charge in [0.05, 0.1) is 34.0 Å². The molecule has 1 unspecified atom stereocenters. The van der Waals surface area contributed by atoms with Crippen LogP contribution in [0.3, 0.4) is 0 Å². The number of piperidine rings is 2. The van der Waals surface area contributed by atoms with Gasteiger partial charge in [0.1, 0.15) is 12.1 Å². The van der Waals surface area contributed by atoms with E-state index in [4.69, 9.17) is 16.7 Å². The Bertz CT molecular complexity index is 2320. The van der Waals surface area contributed by atoms with Gasteiger partial charge in [-0.05, 0) is 86.7 Å². The van der Waals surface area contributed by atoms with E-state index in [1.807, 2.05) is 59.8 Å². The molecule has 0 spiro atoms. The number of amides is 5. The fourth-order valence-electron chi connectivity index (χ4n) is 8.36. The largest absolute Gasteiger partial charge is 0.371 e. The second-order valence-corrected chi connectivity index (χ2v) is 15.4. The first-order valence-electron chi connectivity index (χ1n) is 19.0. The van der Waals surface area contributed by atoms with Crippen LogP contribution in [0.25, 0.3) is 11.3 Å². The van der Waals surface area contributed by atoms with Gasteiger partial charge < -0.3 is 9.80 Å². The zero-order valence-electron chi connectivity index (χ0n) is 31.3. The first-order chi connectivity index (χ1) is 27.0. The highest BCUT2D eigenvalue weighted by Gasteiger charge is 2.45. The summed E-state index contributed by atoms with van der Waals surface area (Å²) in [5, 5.41) is 16.7. The Labute approximate surface area is 329 Å². The monoisotopic (exact) mass is 772 g/mol. The van der Waals surface area contributed by atoms with Gasteiger partial charge in [-0.15, -0.1) is 0 Å². The molecule has 3 fully saturated rings. The maximum absolute atomic E-state index is 13.5. The lowest BCUT2D eigenvalue weighted by molar-refractivity contribution is -0.136. The molecule has 1 aromatic heterocycles. The number of carbonyl (C=O) groups is 5. The van der Waals surface area contributed by atoms with Crippen molar-refractivity contribution < 1.29 is 24.0 Å². The number of imide groups is 2. The van der Waals surface area contributed by atoms with Crippen molar-refractivity contribution in [3.63, 3.8) is 0 Å². The molecule has 0 saturated carbocycles. The van der Waals surface area contributed by atoms with Crippen LogP contribution in [0.5, 0.6) is 0 Å². The quantitative estimate of drug-likeness (QED) is 0.267. The van der Waals surface area contributed by atoms with Gasteiger partial charge in [0.15, 0.2) is 0 Å². The molecule has 1 N–H and O–H groups in total. The molecule has 13 nitrogen and oxygen atoms in total. The number of nitrogens with zero attached hydrogens (tertiary/aromatic N) is 7. The van der Waals surface area contributed by atoms with Gasteiger partial charge in [0.25, 0.3) is 17.7 Å². The molecule has 3 aromatic carbocycles. The summed E-state index contributed by atoms with van der Waals surface area (Å²) in [5.41, 5.74) is 7.30. The van der Waals surface area contributed by atoms with Crippen LogP contribution in [0, 0.1) is 25.2 Å². The third-order valence-electron chi connectivity index (χ3n) is 11.8. The first kappa shape index (κ1) is 37.1. The summed E-state index contributed by atoms with van der Waals surface area (Å²) in [5.74, 6) is -1.99. The lowest BCUT2D eigenvalue weighted by Crippen LogP contribution is -2.54. The van der Waals surface area contributed by atoms with Crippen molar-refractivity contribution in [3.05, 3.63) is 105 Å². The third kappa shape index (κ3) is 6.84. The fraction of sp³-hybridized carbons (Fsp3) is 0.357. The summed E-state index contributed by atoms with van der Waals surface area (Å²) in [7, 11) is 0. The number of nitriles is 1. The van der Waals surface area contributed by atoms with E-state index in [1.165, 1.54) is 0 Å². The fourth-order valence-corrected chi connectivity index (χ4v) is 8.58. The topological polar surface area (TPSA) is 152 Å². The Morgan fingerprint density at radius 1 is 0.875 bits per heavy atom. The highest BCUT2D eigenvalue weighted by Crippen LogP contribution is 2.33. The van der Waals surface area contributed by atoms with E-state index in [-0.39, 0.29) is 24.3 Å². The number of rotatable bonds is 7. The van der Waals surface area contributed by atoms with Gasteiger partial charge in [-0.3, -0.25) is 43.8 Å². The molecule has 3 saturated heterocycles. The second kappa shape index (κ2) is 15.0. The molecule has 0 radical (unpaired) electrons. The normalized spacial score (nSPS) is 19.3. The summed E-state index contributed by atoms with van der Waals surface area (Å²) in [4.78, 5) is 71.7. The number of halogens is 1. The number of nitrogens with one attached hydrogen (secondary N) is 1. The average molecular weight is 773 g/mol. The van der Waals surface area contributed by atoms with Crippen molar-refractivity contribution >= 4 is 46.8 Å². The van der Waals surface area contributed by atoms with E-state index in [2.05, 4.69) is 21.2 Å². The molecule has 286 valence electrons. The minimum Gasteiger partial charge on any atom is -0.371 e. The van der Waals surface area contributed by atoms with E-state index in [0.717, 1.165) is 77.7 Å². The van der Waals surface area contributed by atoms with E-state index < -0.39 is 29.7 Å². The molecule has 0 aliphatic carbocycles. The zero-order chi connectivity index (χ0) is 39.2. The number of hydrogen-bond donors (Lipinski definition) is 1. The number of fused-ring (bicyclic) bond motifs is 1. The van der Waals surface area contributed by atoms with Crippen molar-refractivity contribution in [1.82, 2.24) is 29.8 Å². The SMILES string of the molecule is Cc1c(-c2ccc(C#N)c(Cl)c2)nn(Cc2ccc(C(=O)N3CCN(C4CCN(c5ccc6c(c5)C(=O)N(C5CCC(=O)NC5=O)C6=O)CC4)CC3)cc2)c1C. The minimum atomic E-state index is -0.985. The molecule has 4 aliphatic heterocycles. The van der Waals surface area contributed by atoms with Crippen molar-refractivity contribution in [2.24, 2.45) is 0 Å². The maximum Gasteiger partial charge on any atom is 0.262 e. The van der Waals surface area contributed by atoms with Crippen LogP contribution >= 0.6 is 11.6 Å². The highest BCUT2D eigenvalue weighted by atomic mass is 35.5. The molecular formula is C42H41ClN8O5. The molecule has 0 bridgehead atoms. The lowest BCUT2D eigenvalue weighted by Gasteiger charge is -2.43. The summed E-state index contributed by atoms with van der Waals surface area (Å²) < 4.78 is 1.95. The van der Waals surface area contributed by atoms with Crippen LogP contribution in [0.2, 0.25) is 5.02 Å². The third-order valence-corrected chi connectivity index (χ3v) is 12.1. The number of carbonyl (C=O) groups excluding carboxylic acids is 5. The predicted molar refractivity (Wildman–Crippen MR) is 208 cm³/mol. The molecule has 5 amide bonds. The van der Waals surface area contributed by atoms with Crippen LogP contribution in [-0.2, 0) is 16.1 Å². The first-order valence-corrected chi connectivity index (χ1v) is 19.4. The summed E-state index contributed by atoms with van der Waals surface area (Å²) in [6.45, 7) is 9.08. The van der Waals surface area contributed by atoms with Crippen molar-refractivity contribution in [1.29, 1.82) is 5.26 Å². The Balaban J connectivity index is 0.829. The Hall–Kier alpha value is -5.84. The Morgan fingerprint density at radius 2 is 1.59 bits per heavy atom. The molecule has 5 heterocycles. The van der Waals surface area contributed by atoms with Gasteiger partial charge in [0.2, 0.25) is 11.8 Å². The zero-order valence-corrected chi connectivity index (χ0v) is 32.0. The van der Waals surface area contributed by atoms with Crippen LogP contribution in [0.15, 0.2) is 60.7 Å². The number of piperazine rings is 1. The van der Waals surface area contributed by atoms with Gasteiger partial charge >= 0.3 is 0 Å². The van der Waals surface area contributed by atoms with Crippen LogP contribution in [0.4, 0.5) is 5.69 Å². The maximum atomic E-state index is 13.5. The number of benzene rings is 3. The van der Waals surface area contributed by atoms with Gasteiger partial charge in [-0.1, -0.05) is 29.8 Å². The summed E-state index contributed by atoms with van der Waals surface area (Å²) in [6.07, 6.45) is 2.07. The van der Waals surface area contributed by atoms with Crippen LogP contribution < -0.4 is 10.2 Å². The van der Waals surface area contributed by atoms with E-state index >= 15 is 0 Å². The molecule has 56 heavy (non-hydrogen) atoms. The van der Waals surface area contributed by atoms with Crippen molar-refractivity contribution in [2.45, 2.75) is 58.2 Å². The molecule has 1 atom stereocenters. The van der Waals surface area contributed by atoms with Gasteiger partial charge in [-0.2, -0.15) is 10.4 Å². The molecule has 8 rings (SSSR count). The predicted octanol–water partition coefficient (Wildman–Crippen LogP) is 4.57. The summed E-state index contributed by atoms with van der Waals surface area (Å²) >= 11 is 6.29. The summed E-state index contributed by atoms with van der Waals surface area (Å²) in [6, 6.07) is 19.9. The average Bonchev–Trinajstić information content (AvgIpc) is 3.63. The highest BCUT2D eigenvalue weighted by molar-refractivity contribution is 6.32. The van der Waals surface area contributed by atoms with Gasteiger partial charge in [-0.25, -0.2) is 0 Å². The second-order valence-electron chi connectivity index (χ2n) is 14.9. The lowest BCUT2D eigenvalue weighted by atomic mass is 10.0. The standard InChI is InChI=1S/C42H41ClN8O5/c1-25-26(2)50(46-38(25)29-7-8-30(23-44)35(43)21-29)24-27-3-5-28(6-4-27)40(54)49-19-17-48(18-20-49)31-13-15-47(16-14-31)32-9-10-33-34(22-32)42(56)51(41(33)55)36-11-12-37(52)45-39(36)53/h3-10,21-22,31,36H,11-20,24H2,1-2H3,(H,45,52,53). The smallest absolute Gasteiger partial charge is 0.262 e. The molecule has 4 aromatic rings. The van der Waals surface area contributed by atoms with Crippen molar-refractivity contribution in [3.8, 4) is 17.3 Å². The van der Waals surface area contributed by atoms with E-state index in [9.17, 15) is 29.2 Å².